The summed E-state index contributed by atoms with van der Waals surface area (Å²) in [7, 11) is 0. The predicted molar refractivity (Wildman–Crippen MR) is 40.2 cm³/mol. The molecule has 0 unspecified atom stereocenters. The number of halogens is 3. The summed E-state index contributed by atoms with van der Waals surface area (Å²) in [5.74, 6) is 0.554. The summed E-state index contributed by atoms with van der Waals surface area (Å²) in [6.07, 6.45) is 0.747. The SMILES string of the molecule is Cl.FC(F)OCCC1CNC1. The average Bonchev–Trinajstić information content (AvgIpc) is 1.75. The number of hydrogen-bond donors (Lipinski definition) is 1. The fraction of sp³-hybridized carbons (Fsp3) is 1.00. The maximum absolute atomic E-state index is 11.4. The van der Waals surface area contributed by atoms with Gasteiger partial charge in [0, 0.05) is 0 Å². The molecule has 1 aliphatic heterocycles. The molecule has 0 aromatic rings. The first-order chi connectivity index (χ1) is 4.79. The van der Waals surface area contributed by atoms with Crippen molar-refractivity contribution in [2.24, 2.45) is 5.92 Å². The van der Waals surface area contributed by atoms with Gasteiger partial charge in [0.2, 0.25) is 0 Å². The molecule has 1 heterocycles. The Labute approximate surface area is 70.7 Å². The highest BCUT2D eigenvalue weighted by Crippen LogP contribution is 2.08. The Balaban J connectivity index is 0.000001000. The van der Waals surface area contributed by atoms with Crippen LogP contribution in [0.25, 0.3) is 0 Å². The van der Waals surface area contributed by atoms with Gasteiger partial charge in [0.1, 0.15) is 0 Å². The monoisotopic (exact) mass is 187 g/mol. The highest BCUT2D eigenvalue weighted by Gasteiger charge is 2.16. The molecule has 1 aliphatic rings. The number of ether oxygens (including phenoxy) is 1. The Bertz CT molecular complexity index is 101. The summed E-state index contributed by atoms with van der Waals surface area (Å²) in [4.78, 5) is 0. The quantitative estimate of drug-likeness (QED) is 0.716. The average molecular weight is 188 g/mol. The summed E-state index contributed by atoms with van der Waals surface area (Å²) >= 11 is 0. The number of hydrogen-bond acceptors (Lipinski definition) is 2. The highest BCUT2D eigenvalue weighted by atomic mass is 35.5. The van der Waals surface area contributed by atoms with Crippen LogP contribution in [0, 0.1) is 5.92 Å². The van der Waals surface area contributed by atoms with Crippen LogP contribution >= 0.6 is 12.4 Å². The van der Waals surface area contributed by atoms with Gasteiger partial charge in [-0.25, -0.2) is 0 Å². The molecule has 0 atom stereocenters. The Morgan fingerprint density at radius 1 is 1.45 bits per heavy atom. The summed E-state index contributed by atoms with van der Waals surface area (Å²) < 4.78 is 26.8. The predicted octanol–water partition coefficient (Wildman–Crippen LogP) is 1.26. The van der Waals surface area contributed by atoms with Crippen molar-refractivity contribution in [2.75, 3.05) is 19.7 Å². The third-order valence-electron chi connectivity index (χ3n) is 1.64. The summed E-state index contributed by atoms with van der Waals surface area (Å²) in [6.45, 7) is -0.517. The van der Waals surface area contributed by atoms with Gasteiger partial charge in [-0.1, -0.05) is 0 Å². The van der Waals surface area contributed by atoms with Crippen LogP contribution in [-0.2, 0) is 4.74 Å². The molecule has 1 rings (SSSR count). The Kier molecular flexibility index (Phi) is 5.72. The van der Waals surface area contributed by atoms with E-state index in [1.807, 2.05) is 0 Å². The summed E-state index contributed by atoms with van der Waals surface area (Å²) in [6, 6.07) is 0. The van der Waals surface area contributed by atoms with Gasteiger partial charge in [0.15, 0.2) is 0 Å². The van der Waals surface area contributed by atoms with E-state index >= 15 is 0 Å². The molecule has 5 heteroatoms. The van der Waals surface area contributed by atoms with Crippen LogP contribution in [0.15, 0.2) is 0 Å². The van der Waals surface area contributed by atoms with Crippen LogP contribution in [0.4, 0.5) is 8.78 Å². The van der Waals surface area contributed by atoms with Crippen molar-refractivity contribution in [1.82, 2.24) is 5.32 Å². The second-order valence-electron chi connectivity index (χ2n) is 2.44. The van der Waals surface area contributed by atoms with E-state index in [0.717, 1.165) is 19.5 Å². The number of nitrogens with one attached hydrogen (secondary N) is 1. The molecule has 0 bridgehead atoms. The van der Waals surface area contributed by atoms with E-state index in [1.165, 1.54) is 0 Å². The van der Waals surface area contributed by atoms with Gasteiger partial charge >= 0.3 is 6.61 Å². The molecule has 2 nitrogen and oxygen atoms in total. The van der Waals surface area contributed by atoms with Gasteiger partial charge < -0.3 is 10.1 Å². The third kappa shape index (κ3) is 4.50. The minimum Gasteiger partial charge on any atom is -0.323 e. The molecule has 1 saturated heterocycles. The molecular weight excluding hydrogens is 176 g/mol. The topological polar surface area (TPSA) is 21.3 Å². The molecule has 0 aromatic carbocycles. The molecule has 68 valence electrons. The first-order valence-electron chi connectivity index (χ1n) is 3.39. The van der Waals surface area contributed by atoms with Crippen molar-refractivity contribution in [3.8, 4) is 0 Å². The maximum atomic E-state index is 11.4. The van der Waals surface area contributed by atoms with Gasteiger partial charge in [-0.15, -0.1) is 12.4 Å². The van der Waals surface area contributed by atoms with E-state index in [-0.39, 0.29) is 19.0 Å². The standard InChI is InChI=1S/C6H11F2NO.ClH/c7-6(8)10-2-1-5-3-9-4-5;/h5-6,9H,1-4H2;1H. The normalized spacial score (nSPS) is 17.7. The lowest BCUT2D eigenvalue weighted by Gasteiger charge is -2.26. The van der Waals surface area contributed by atoms with Crippen molar-refractivity contribution in [1.29, 1.82) is 0 Å². The van der Waals surface area contributed by atoms with Crippen molar-refractivity contribution in [2.45, 2.75) is 13.0 Å². The van der Waals surface area contributed by atoms with E-state index in [9.17, 15) is 8.78 Å². The van der Waals surface area contributed by atoms with Crippen LogP contribution in [0.5, 0.6) is 0 Å². The maximum Gasteiger partial charge on any atom is 0.345 e. The van der Waals surface area contributed by atoms with Crippen LogP contribution in [-0.4, -0.2) is 26.3 Å². The molecular formula is C6H12ClF2NO. The lowest BCUT2D eigenvalue weighted by Crippen LogP contribution is -2.42. The molecule has 0 saturated carbocycles. The Hall–Kier alpha value is 0.0700. The van der Waals surface area contributed by atoms with Crippen LogP contribution < -0.4 is 5.32 Å². The molecule has 0 aromatic heterocycles. The minimum absolute atomic E-state index is 0. The van der Waals surface area contributed by atoms with Crippen molar-refractivity contribution in [3.63, 3.8) is 0 Å². The van der Waals surface area contributed by atoms with Gasteiger partial charge in [-0.05, 0) is 25.4 Å². The third-order valence-corrected chi connectivity index (χ3v) is 1.64. The Morgan fingerprint density at radius 3 is 2.45 bits per heavy atom. The molecule has 0 spiro atoms. The summed E-state index contributed by atoms with van der Waals surface area (Å²) in [5.41, 5.74) is 0. The van der Waals surface area contributed by atoms with Gasteiger partial charge in [0.05, 0.1) is 6.61 Å². The number of rotatable bonds is 4. The van der Waals surface area contributed by atoms with E-state index in [1.54, 1.807) is 0 Å². The zero-order valence-corrected chi connectivity index (χ0v) is 6.87. The lowest BCUT2D eigenvalue weighted by atomic mass is 10.0. The minimum atomic E-state index is -2.60. The van der Waals surface area contributed by atoms with E-state index in [4.69, 9.17) is 0 Å². The molecule has 11 heavy (non-hydrogen) atoms. The van der Waals surface area contributed by atoms with Crippen LogP contribution in [0.3, 0.4) is 0 Å². The highest BCUT2D eigenvalue weighted by molar-refractivity contribution is 5.85. The molecule has 1 fully saturated rings. The largest absolute Gasteiger partial charge is 0.345 e. The number of alkyl halides is 2. The van der Waals surface area contributed by atoms with Gasteiger partial charge in [-0.3, -0.25) is 0 Å². The van der Waals surface area contributed by atoms with Crippen molar-refractivity contribution >= 4 is 12.4 Å². The fourth-order valence-corrected chi connectivity index (χ4v) is 0.876. The first-order valence-corrected chi connectivity index (χ1v) is 3.39. The van der Waals surface area contributed by atoms with Gasteiger partial charge in [-0.2, -0.15) is 8.78 Å². The fourth-order valence-electron chi connectivity index (χ4n) is 0.876. The van der Waals surface area contributed by atoms with E-state index in [0.29, 0.717) is 5.92 Å². The van der Waals surface area contributed by atoms with Crippen molar-refractivity contribution < 1.29 is 13.5 Å². The first kappa shape index (κ1) is 11.1. The second kappa shape index (κ2) is 5.69. The lowest BCUT2D eigenvalue weighted by molar-refractivity contribution is -0.132. The zero-order valence-electron chi connectivity index (χ0n) is 6.06. The summed E-state index contributed by atoms with van der Waals surface area (Å²) in [5, 5.41) is 3.06. The van der Waals surface area contributed by atoms with E-state index < -0.39 is 6.61 Å². The second-order valence-corrected chi connectivity index (χ2v) is 2.44. The van der Waals surface area contributed by atoms with Crippen LogP contribution in [0.2, 0.25) is 0 Å². The smallest absolute Gasteiger partial charge is 0.323 e. The van der Waals surface area contributed by atoms with Crippen molar-refractivity contribution in [3.05, 3.63) is 0 Å². The zero-order chi connectivity index (χ0) is 7.40. The van der Waals surface area contributed by atoms with Crippen LogP contribution in [0.1, 0.15) is 6.42 Å². The molecule has 0 radical (unpaired) electrons. The molecule has 0 amide bonds. The molecule has 1 N–H and O–H groups in total. The molecule has 0 aliphatic carbocycles. The Morgan fingerprint density at radius 2 is 2.09 bits per heavy atom. The van der Waals surface area contributed by atoms with E-state index in [2.05, 4.69) is 10.1 Å². The van der Waals surface area contributed by atoms with Gasteiger partial charge in [0.25, 0.3) is 0 Å².